The van der Waals surface area contributed by atoms with Gasteiger partial charge in [-0.2, -0.15) is 18.3 Å². The summed E-state index contributed by atoms with van der Waals surface area (Å²) in [6, 6.07) is 6.76. The van der Waals surface area contributed by atoms with Crippen LogP contribution in [0, 0.1) is 20.8 Å². The fourth-order valence-corrected chi connectivity index (χ4v) is 4.17. The highest BCUT2D eigenvalue weighted by molar-refractivity contribution is 7.22. The minimum atomic E-state index is -4.54. The standard InChI is InChI=1S/C19H16F3N5OS/c1-9-4-5-13-14(6-9)29-18(24-13)25-15(28)8-27-17-16(11(3)26-27)12(19(20,21)22)7-10(2)23-17/h4-7H,8H2,1-3H3,(H,24,25,28). The summed E-state index contributed by atoms with van der Waals surface area (Å²) < 4.78 is 42.4. The van der Waals surface area contributed by atoms with Gasteiger partial charge < -0.3 is 5.32 Å². The van der Waals surface area contributed by atoms with Crippen LogP contribution in [0.3, 0.4) is 0 Å². The third-order valence-electron chi connectivity index (χ3n) is 4.39. The molecule has 0 bridgehead atoms. The molecular formula is C19H16F3N5OS. The molecule has 0 aliphatic carbocycles. The Morgan fingerprint density at radius 1 is 1.17 bits per heavy atom. The number of nitrogens with one attached hydrogen (secondary N) is 1. The number of anilines is 1. The molecule has 1 amide bonds. The lowest BCUT2D eigenvalue weighted by molar-refractivity contribution is -0.136. The molecule has 3 aromatic heterocycles. The zero-order chi connectivity index (χ0) is 20.9. The van der Waals surface area contributed by atoms with Crippen LogP contribution < -0.4 is 5.32 Å². The predicted molar refractivity (Wildman–Crippen MR) is 105 cm³/mol. The topological polar surface area (TPSA) is 72.7 Å². The molecule has 1 aromatic carbocycles. The Balaban J connectivity index is 1.65. The molecule has 3 heterocycles. The first-order valence-corrected chi connectivity index (χ1v) is 9.52. The average molecular weight is 419 g/mol. The molecule has 1 N–H and O–H groups in total. The third kappa shape index (κ3) is 3.67. The molecule has 0 saturated heterocycles. The first-order valence-electron chi connectivity index (χ1n) is 8.71. The molecule has 0 atom stereocenters. The smallest absolute Gasteiger partial charge is 0.300 e. The van der Waals surface area contributed by atoms with Gasteiger partial charge in [-0.3, -0.25) is 4.79 Å². The number of benzene rings is 1. The van der Waals surface area contributed by atoms with Crippen molar-refractivity contribution in [3.63, 3.8) is 0 Å². The van der Waals surface area contributed by atoms with Crippen molar-refractivity contribution in [2.24, 2.45) is 0 Å². The van der Waals surface area contributed by atoms with Gasteiger partial charge in [0.15, 0.2) is 10.8 Å². The van der Waals surface area contributed by atoms with Crippen molar-refractivity contribution in [1.82, 2.24) is 19.7 Å². The molecule has 10 heteroatoms. The molecule has 4 aromatic rings. The van der Waals surface area contributed by atoms with Gasteiger partial charge in [0.2, 0.25) is 5.91 Å². The van der Waals surface area contributed by atoms with E-state index in [0.29, 0.717) is 5.13 Å². The summed E-state index contributed by atoms with van der Waals surface area (Å²) in [4.78, 5) is 21.0. The van der Waals surface area contributed by atoms with Gasteiger partial charge >= 0.3 is 6.18 Å². The van der Waals surface area contributed by atoms with E-state index in [1.54, 1.807) is 0 Å². The van der Waals surface area contributed by atoms with E-state index in [4.69, 9.17) is 0 Å². The van der Waals surface area contributed by atoms with Gasteiger partial charge in [0.1, 0.15) is 6.54 Å². The quantitative estimate of drug-likeness (QED) is 0.526. The van der Waals surface area contributed by atoms with E-state index < -0.39 is 17.6 Å². The van der Waals surface area contributed by atoms with E-state index in [2.05, 4.69) is 20.4 Å². The number of hydrogen-bond acceptors (Lipinski definition) is 5. The maximum Gasteiger partial charge on any atom is 0.417 e. The fourth-order valence-electron chi connectivity index (χ4n) is 3.19. The number of aryl methyl sites for hydroxylation is 3. The first-order chi connectivity index (χ1) is 13.6. The van der Waals surface area contributed by atoms with Gasteiger partial charge in [0.25, 0.3) is 0 Å². The van der Waals surface area contributed by atoms with Gasteiger partial charge in [0.05, 0.1) is 26.9 Å². The molecule has 6 nitrogen and oxygen atoms in total. The van der Waals surface area contributed by atoms with Crippen molar-refractivity contribution >= 4 is 43.6 Å². The highest BCUT2D eigenvalue weighted by Gasteiger charge is 2.35. The summed E-state index contributed by atoms with van der Waals surface area (Å²) in [7, 11) is 0. The van der Waals surface area contributed by atoms with Crippen LogP contribution in [-0.2, 0) is 17.5 Å². The molecular weight excluding hydrogens is 403 g/mol. The van der Waals surface area contributed by atoms with Crippen LogP contribution in [0.5, 0.6) is 0 Å². The number of nitrogens with zero attached hydrogens (tertiary/aromatic N) is 4. The minimum absolute atomic E-state index is 0.0323. The molecule has 4 rings (SSSR count). The van der Waals surface area contributed by atoms with Crippen molar-refractivity contribution < 1.29 is 18.0 Å². The number of pyridine rings is 1. The van der Waals surface area contributed by atoms with Crippen molar-refractivity contribution in [2.75, 3.05) is 5.32 Å². The Hall–Kier alpha value is -3.01. The van der Waals surface area contributed by atoms with Crippen molar-refractivity contribution in [2.45, 2.75) is 33.5 Å². The summed E-state index contributed by atoms with van der Waals surface area (Å²) in [6.45, 7) is 4.64. The summed E-state index contributed by atoms with van der Waals surface area (Å²) in [5, 5.41) is 7.14. The second-order valence-electron chi connectivity index (χ2n) is 6.79. The zero-order valence-corrected chi connectivity index (χ0v) is 16.6. The average Bonchev–Trinajstić information content (AvgIpc) is 3.13. The molecule has 0 radical (unpaired) electrons. The van der Waals surface area contributed by atoms with E-state index >= 15 is 0 Å². The van der Waals surface area contributed by atoms with Gasteiger partial charge in [-0.15, -0.1) is 0 Å². The van der Waals surface area contributed by atoms with E-state index in [0.717, 1.165) is 21.8 Å². The molecule has 0 spiro atoms. The Kier molecular flexibility index (Phi) is 4.53. The summed E-state index contributed by atoms with van der Waals surface area (Å²) in [5.74, 6) is -0.443. The van der Waals surface area contributed by atoms with Gasteiger partial charge in [-0.25, -0.2) is 14.6 Å². The number of thiazole rings is 1. The second-order valence-corrected chi connectivity index (χ2v) is 7.82. The number of amides is 1. The lowest BCUT2D eigenvalue weighted by atomic mass is 10.1. The Morgan fingerprint density at radius 2 is 1.93 bits per heavy atom. The third-order valence-corrected chi connectivity index (χ3v) is 5.33. The highest BCUT2D eigenvalue weighted by atomic mass is 32.1. The number of halogens is 3. The predicted octanol–water partition coefficient (Wildman–Crippen LogP) is 4.62. The largest absolute Gasteiger partial charge is 0.417 e. The lowest BCUT2D eigenvalue weighted by Crippen LogP contribution is -2.20. The normalized spacial score (nSPS) is 12.1. The summed E-state index contributed by atoms with van der Waals surface area (Å²) in [5.41, 5.74) is 1.45. The van der Waals surface area contributed by atoms with Crippen LogP contribution in [0.1, 0.15) is 22.5 Å². The van der Waals surface area contributed by atoms with Crippen LogP contribution in [0.25, 0.3) is 21.3 Å². The maximum absolute atomic E-state index is 13.4. The molecule has 150 valence electrons. The number of carbonyl (C=O) groups is 1. The number of fused-ring (bicyclic) bond motifs is 2. The number of aromatic nitrogens is 4. The van der Waals surface area contributed by atoms with Crippen molar-refractivity contribution in [3.05, 3.63) is 46.8 Å². The van der Waals surface area contributed by atoms with Crippen LogP contribution in [0.15, 0.2) is 24.3 Å². The molecule has 0 aliphatic heterocycles. The molecule has 0 unspecified atom stereocenters. The Labute approximate surface area is 167 Å². The maximum atomic E-state index is 13.4. The van der Waals surface area contributed by atoms with Crippen LogP contribution in [0.2, 0.25) is 0 Å². The zero-order valence-electron chi connectivity index (χ0n) is 15.8. The molecule has 29 heavy (non-hydrogen) atoms. The molecule has 0 saturated carbocycles. The number of carbonyl (C=O) groups excluding carboxylic acids is 1. The van der Waals surface area contributed by atoms with Gasteiger partial charge in [-0.05, 0) is 44.5 Å². The van der Waals surface area contributed by atoms with E-state index in [1.807, 2.05) is 25.1 Å². The summed E-state index contributed by atoms with van der Waals surface area (Å²) in [6.07, 6.45) is -4.54. The highest BCUT2D eigenvalue weighted by Crippen LogP contribution is 2.36. The lowest BCUT2D eigenvalue weighted by Gasteiger charge is -2.10. The fraction of sp³-hybridized carbons (Fsp3) is 0.263. The van der Waals surface area contributed by atoms with Crippen LogP contribution in [0.4, 0.5) is 18.3 Å². The Bertz CT molecular complexity index is 1260. The Morgan fingerprint density at radius 3 is 2.66 bits per heavy atom. The monoisotopic (exact) mass is 419 g/mol. The first kappa shape index (κ1) is 19.3. The van der Waals surface area contributed by atoms with E-state index in [1.165, 1.54) is 29.9 Å². The second kappa shape index (κ2) is 6.80. The van der Waals surface area contributed by atoms with Crippen molar-refractivity contribution in [1.29, 1.82) is 0 Å². The van der Waals surface area contributed by atoms with Gasteiger partial charge in [-0.1, -0.05) is 17.4 Å². The van der Waals surface area contributed by atoms with Crippen LogP contribution >= 0.6 is 11.3 Å². The van der Waals surface area contributed by atoms with Gasteiger partial charge in [0, 0.05) is 5.69 Å². The van der Waals surface area contributed by atoms with Crippen LogP contribution in [-0.4, -0.2) is 25.7 Å². The molecule has 0 aliphatic rings. The SMILES string of the molecule is Cc1ccc2nc(NC(=O)Cn3nc(C)c4c(C(F)(F)F)cc(C)nc43)sc2c1. The number of alkyl halides is 3. The number of hydrogen-bond donors (Lipinski definition) is 1. The van der Waals surface area contributed by atoms with Crippen molar-refractivity contribution in [3.8, 4) is 0 Å². The minimum Gasteiger partial charge on any atom is -0.300 e. The van der Waals surface area contributed by atoms with E-state index in [9.17, 15) is 18.0 Å². The molecule has 0 fully saturated rings. The summed E-state index contributed by atoms with van der Waals surface area (Å²) >= 11 is 1.33. The van der Waals surface area contributed by atoms with E-state index in [-0.39, 0.29) is 29.0 Å². The number of rotatable bonds is 3.